The number of imide groups is 1. The van der Waals surface area contributed by atoms with Crippen molar-refractivity contribution in [1.82, 2.24) is 16.0 Å². The van der Waals surface area contributed by atoms with E-state index in [1.54, 1.807) is 0 Å². The van der Waals surface area contributed by atoms with E-state index >= 15 is 0 Å². The van der Waals surface area contributed by atoms with Gasteiger partial charge in [-0.2, -0.15) is 0 Å². The minimum atomic E-state index is -0.492. The minimum absolute atomic E-state index is 0.290. The lowest BCUT2D eigenvalue weighted by atomic mass is 9.89. The lowest BCUT2D eigenvalue weighted by Gasteiger charge is -2.42. The quantitative estimate of drug-likeness (QED) is 0.401. The molecular formula is C8H12ClN3O3. The third-order valence-corrected chi connectivity index (χ3v) is 3.15. The molecule has 3 amide bonds. The molecule has 2 aliphatic heterocycles. The van der Waals surface area contributed by atoms with E-state index in [1.165, 1.54) is 7.11 Å². The van der Waals surface area contributed by atoms with Gasteiger partial charge in [0.2, 0.25) is 5.91 Å². The third-order valence-electron chi connectivity index (χ3n) is 2.75. The van der Waals surface area contributed by atoms with Gasteiger partial charge in [0.15, 0.2) is 0 Å². The molecular weight excluding hydrogens is 222 g/mol. The monoisotopic (exact) mass is 233 g/mol. The Morgan fingerprint density at radius 1 is 1.47 bits per heavy atom. The molecule has 6 nitrogen and oxygen atoms in total. The molecule has 7 heteroatoms. The molecule has 2 aliphatic rings. The highest BCUT2D eigenvalue weighted by molar-refractivity contribution is 6.21. The first-order valence-electron chi connectivity index (χ1n) is 4.65. The van der Waals surface area contributed by atoms with Gasteiger partial charge in [0.1, 0.15) is 11.6 Å². The zero-order valence-electron chi connectivity index (χ0n) is 8.12. The fraction of sp³-hybridized carbons (Fsp3) is 0.750. The number of carbonyl (C=O) groups excluding carboxylic acids is 2. The maximum Gasteiger partial charge on any atom is 0.321 e. The molecule has 0 aliphatic carbocycles. The fourth-order valence-corrected chi connectivity index (χ4v) is 2.34. The van der Waals surface area contributed by atoms with Crippen LogP contribution >= 0.6 is 11.6 Å². The number of piperidine rings is 1. The number of hydrogen-bond donors (Lipinski definition) is 3. The molecule has 84 valence electrons. The Labute approximate surface area is 91.7 Å². The molecule has 4 atom stereocenters. The number of carbonyl (C=O) groups is 2. The molecule has 4 unspecified atom stereocenters. The molecule has 2 rings (SSSR count). The number of fused-ring (bicyclic) bond motifs is 1. The number of urea groups is 1. The molecule has 2 fully saturated rings. The van der Waals surface area contributed by atoms with Gasteiger partial charge >= 0.3 is 6.03 Å². The number of methoxy groups -OCH3 is 1. The van der Waals surface area contributed by atoms with E-state index in [1.807, 2.05) is 0 Å². The Kier molecular flexibility index (Phi) is 2.81. The van der Waals surface area contributed by atoms with Crippen LogP contribution < -0.4 is 16.0 Å². The van der Waals surface area contributed by atoms with Crippen molar-refractivity contribution in [2.75, 3.05) is 13.7 Å². The Morgan fingerprint density at radius 3 is 2.87 bits per heavy atom. The van der Waals surface area contributed by atoms with Crippen molar-refractivity contribution in [2.24, 2.45) is 5.92 Å². The van der Waals surface area contributed by atoms with E-state index in [0.717, 1.165) is 0 Å². The van der Waals surface area contributed by atoms with Crippen molar-refractivity contribution in [2.45, 2.75) is 17.6 Å². The average Bonchev–Trinajstić information content (AvgIpc) is 2.17. The Balaban J connectivity index is 2.20. The van der Waals surface area contributed by atoms with Crippen molar-refractivity contribution in [3.05, 3.63) is 0 Å². The van der Waals surface area contributed by atoms with Gasteiger partial charge in [-0.15, -0.1) is 11.6 Å². The van der Waals surface area contributed by atoms with Crippen LogP contribution in [0.5, 0.6) is 0 Å². The Hall–Kier alpha value is -0.850. The van der Waals surface area contributed by atoms with Crippen molar-refractivity contribution < 1.29 is 14.3 Å². The average molecular weight is 234 g/mol. The number of nitrogens with one attached hydrogen (secondary N) is 3. The number of hydrogen-bond acceptors (Lipinski definition) is 4. The van der Waals surface area contributed by atoms with Gasteiger partial charge in [-0.25, -0.2) is 4.79 Å². The van der Waals surface area contributed by atoms with E-state index in [9.17, 15) is 9.59 Å². The first kappa shape index (κ1) is 10.7. The van der Waals surface area contributed by atoms with E-state index in [-0.39, 0.29) is 17.9 Å². The molecule has 15 heavy (non-hydrogen) atoms. The molecule has 0 radical (unpaired) electrons. The van der Waals surface area contributed by atoms with Crippen LogP contribution in [0.4, 0.5) is 4.79 Å². The largest absolute Gasteiger partial charge is 0.376 e. The van der Waals surface area contributed by atoms with Gasteiger partial charge in [-0.05, 0) is 0 Å². The van der Waals surface area contributed by atoms with Crippen LogP contribution in [0.3, 0.4) is 0 Å². The number of alkyl halides is 1. The summed E-state index contributed by atoms with van der Waals surface area (Å²) in [7, 11) is 1.50. The topological polar surface area (TPSA) is 79.5 Å². The van der Waals surface area contributed by atoms with E-state index in [4.69, 9.17) is 16.3 Å². The summed E-state index contributed by atoms with van der Waals surface area (Å²) in [5.41, 5.74) is -0.401. The zero-order valence-corrected chi connectivity index (χ0v) is 8.88. The summed E-state index contributed by atoms with van der Waals surface area (Å²) in [6, 6.07) is -0.853. The lowest BCUT2D eigenvalue weighted by molar-refractivity contribution is -0.129. The van der Waals surface area contributed by atoms with Crippen molar-refractivity contribution in [1.29, 1.82) is 0 Å². The minimum Gasteiger partial charge on any atom is -0.376 e. The van der Waals surface area contributed by atoms with Gasteiger partial charge in [0.05, 0.1) is 12.0 Å². The molecule has 3 N–H and O–H groups in total. The summed E-state index contributed by atoms with van der Waals surface area (Å²) in [5.74, 6) is -0.621. The van der Waals surface area contributed by atoms with Gasteiger partial charge in [0, 0.05) is 13.7 Å². The van der Waals surface area contributed by atoms with Crippen LogP contribution in [-0.4, -0.2) is 43.2 Å². The SMILES string of the molecule is COC1C(Cl)NCC2C(=O)NC(=O)NC21. The predicted molar refractivity (Wildman–Crippen MR) is 52.4 cm³/mol. The molecule has 0 spiro atoms. The van der Waals surface area contributed by atoms with Crippen LogP contribution in [0, 0.1) is 5.92 Å². The second kappa shape index (κ2) is 3.96. The lowest BCUT2D eigenvalue weighted by Crippen LogP contribution is -2.70. The number of ether oxygens (including phenoxy) is 1. The predicted octanol–water partition coefficient (Wildman–Crippen LogP) is -1.01. The molecule has 0 aromatic carbocycles. The number of rotatable bonds is 1. The van der Waals surface area contributed by atoms with Crippen LogP contribution in [0.1, 0.15) is 0 Å². The summed E-state index contributed by atoms with van der Waals surface area (Å²) in [6.45, 7) is 0.435. The molecule has 0 aromatic heterocycles. The second-order valence-corrected chi connectivity index (χ2v) is 4.08. The number of amides is 3. The third kappa shape index (κ3) is 1.80. The van der Waals surface area contributed by atoms with Crippen molar-refractivity contribution in [3.8, 4) is 0 Å². The maximum absolute atomic E-state index is 11.5. The second-order valence-electron chi connectivity index (χ2n) is 3.61. The standard InChI is InChI=1S/C8H12ClN3O3/c1-15-5-4-3(2-10-6(5)9)7(13)12-8(14)11-4/h3-6,10H,2H2,1H3,(H2,11,12,13,14). The first-order chi connectivity index (χ1) is 7.13. The van der Waals surface area contributed by atoms with Gasteiger partial charge < -0.3 is 10.1 Å². The highest BCUT2D eigenvalue weighted by Gasteiger charge is 2.46. The Bertz CT molecular complexity index is 299. The summed E-state index contributed by atoms with van der Waals surface area (Å²) in [4.78, 5) is 22.6. The van der Waals surface area contributed by atoms with E-state index in [0.29, 0.717) is 6.54 Å². The van der Waals surface area contributed by atoms with Gasteiger partial charge in [0.25, 0.3) is 0 Å². The van der Waals surface area contributed by atoms with Crippen LogP contribution in [0.2, 0.25) is 0 Å². The molecule has 2 saturated heterocycles. The van der Waals surface area contributed by atoms with Crippen molar-refractivity contribution >= 4 is 23.5 Å². The summed E-state index contributed by atoms with van der Waals surface area (Å²) in [5, 5.41) is 7.83. The fourth-order valence-electron chi connectivity index (χ4n) is 1.99. The number of halogens is 1. The highest BCUT2D eigenvalue weighted by Crippen LogP contribution is 2.22. The molecule has 0 aromatic rings. The van der Waals surface area contributed by atoms with Gasteiger partial charge in [-0.3, -0.25) is 15.4 Å². The Morgan fingerprint density at radius 2 is 2.20 bits per heavy atom. The maximum atomic E-state index is 11.5. The van der Waals surface area contributed by atoms with Crippen molar-refractivity contribution in [3.63, 3.8) is 0 Å². The van der Waals surface area contributed by atoms with Gasteiger partial charge in [-0.1, -0.05) is 0 Å². The zero-order chi connectivity index (χ0) is 11.0. The molecule has 2 heterocycles. The highest BCUT2D eigenvalue weighted by atomic mass is 35.5. The first-order valence-corrected chi connectivity index (χ1v) is 5.08. The molecule has 0 saturated carbocycles. The van der Waals surface area contributed by atoms with Crippen LogP contribution in [-0.2, 0) is 9.53 Å². The summed E-state index contributed by atoms with van der Waals surface area (Å²) in [6.07, 6.45) is -0.402. The summed E-state index contributed by atoms with van der Waals surface area (Å²) < 4.78 is 5.18. The summed E-state index contributed by atoms with van der Waals surface area (Å²) >= 11 is 5.98. The van der Waals surface area contributed by atoms with E-state index in [2.05, 4.69) is 16.0 Å². The normalized spacial score (nSPS) is 40.4. The van der Waals surface area contributed by atoms with Crippen LogP contribution in [0.25, 0.3) is 0 Å². The smallest absolute Gasteiger partial charge is 0.321 e. The van der Waals surface area contributed by atoms with Crippen LogP contribution in [0.15, 0.2) is 0 Å². The van der Waals surface area contributed by atoms with E-state index < -0.39 is 17.6 Å². The molecule has 0 bridgehead atoms.